The molecule has 1 aromatic rings. The van der Waals surface area contributed by atoms with Gasteiger partial charge in [0.15, 0.2) is 11.6 Å². The molecule has 1 aliphatic rings. The molecule has 6 nitrogen and oxygen atoms in total. The summed E-state index contributed by atoms with van der Waals surface area (Å²) >= 11 is 0. The monoisotopic (exact) mass is 328 g/mol. The molecule has 1 amide bonds. The number of amides is 1. The Morgan fingerprint density at radius 3 is 2.78 bits per heavy atom. The predicted molar refractivity (Wildman–Crippen MR) is 77.1 cm³/mol. The number of likely N-dealkylation sites (N-methyl/N-ethyl adjacent to an activating group) is 1. The van der Waals surface area contributed by atoms with E-state index in [1.807, 2.05) is 0 Å². The number of hydrogen-bond donors (Lipinski definition) is 1. The van der Waals surface area contributed by atoms with Crippen LogP contribution >= 0.6 is 0 Å². The highest BCUT2D eigenvalue weighted by Gasteiger charge is 2.26. The maximum atomic E-state index is 13.2. The van der Waals surface area contributed by atoms with Crippen LogP contribution in [0, 0.1) is 11.6 Å². The SMILES string of the molecule is CN(CC(=O)O)CC1CN(C(=O)c2ccc(F)c(F)c2)CCO1. The molecule has 1 N–H and O–H groups in total. The molecule has 1 aromatic carbocycles. The second kappa shape index (κ2) is 7.47. The van der Waals surface area contributed by atoms with E-state index in [0.29, 0.717) is 19.7 Å². The first kappa shape index (κ1) is 17.3. The number of carboxylic acids is 1. The van der Waals surface area contributed by atoms with E-state index >= 15 is 0 Å². The summed E-state index contributed by atoms with van der Waals surface area (Å²) in [6.07, 6.45) is -0.331. The summed E-state index contributed by atoms with van der Waals surface area (Å²) in [5.41, 5.74) is 0.0726. The van der Waals surface area contributed by atoms with Crippen LogP contribution in [0.25, 0.3) is 0 Å². The van der Waals surface area contributed by atoms with Crippen molar-refractivity contribution in [2.24, 2.45) is 0 Å². The fourth-order valence-corrected chi connectivity index (χ4v) is 2.47. The van der Waals surface area contributed by atoms with Crippen LogP contribution in [0.15, 0.2) is 18.2 Å². The van der Waals surface area contributed by atoms with E-state index in [4.69, 9.17) is 9.84 Å². The fourth-order valence-electron chi connectivity index (χ4n) is 2.47. The van der Waals surface area contributed by atoms with Gasteiger partial charge in [-0.2, -0.15) is 0 Å². The minimum absolute atomic E-state index is 0.0726. The van der Waals surface area contributed by atoms with Crippen LogP contribution in [0.5, 0.6) is 0 Å². The Bertz CT molecular complexity index is 597. The van der Waals surface area contributed by atoms with Crippen LogP contribution in [0.2, 0.25) is 0 Å². The molecule has 23 heavy (non-hydrogen) atoms. The molecule has 1 atom stereocenters. The van der Waals surface area contributed by atoms with Gasteiger partial charge in [-0.15, -0.1) is 0 Å². The Morgan fingerprint density at radius 1 is 1.39 bits per heavy atom. The maximum Gasteiger partial charge on any atom is 0.317 e. The van der Waals surface area contributed by atoms with Gasteiger partial charge in [-0.3, -0.25) is 14.5 Å². The van der Waals surface area contributed by atoms with E-state index in [1.54, 1.807) is 11.9 Å². The number of morpholine rings is 1. The highest BCUT2D eigenvalue weighted by Crippen LogP contribution is 2.14. The number of benzene rings is 1. The zero-order chi connectivity index (χ0) is 17.0. The molecule has 1 saturated heterocycles. The summed E-state index contributed by atoms with van der Waals surface area (Å²) in [7, 11) is 1.65. The highest BCUT2D eigenvalue weighted by molar-refractivity contribution is 5.94. The third-order valence-corrected chi connectivity index (χ3v) is 3.51. The van der Waals surface area contributed by atoms with Crippen molar-refractivity contribution < 1.29 is 28.2 Å². The fraction of sp³-hybridized carbons (Fsp3) is 0.467. The number of ether oxygens (including phenoxy) is 1. The first-order valence-corrected chi connectivity index (χ1v) is 7.13. The average Bonchev–Trinajstić information content (AvgIpc) is 2.48. The molecule has 0 radical (unpaired) electrons. The smallest absolute Gasteiger partial charge is 0.317 e. The van der Waals surface area contributed by atoms with Gasteiger partial charge in [0.05, 0.1) is 19.3 Å². The first-order chi connectivity index (χ1) is 10.9. The lowest BCUT2D eigenvalue weighted by Crippen LogP contribution is -2.49. The number of carbonyl (C=O) groups is 2. The van der Waals surface area contributed by atoms with Crippen LogP contribution in [-0.2, 0) is 9.53 Å². The molecule has 2 rings (SSSR count). The summed E-state index contributed by atoms with van der Waals surface area (Å²) in [5.74, 6) is -3.42. The van der Waals surface area contributed by atoms with Gasteiger partial charge in [-0.1, -0.05) is 0 Å². The molecule has 0 aromatic heterocycles. The Morgan fingerprint density at radius 2 is 2.13 bits per heavy atom. The van der Waals surface area contributed by atoms with Crippen molar-refractivity contribution in [1.82, 2.24) is 9.80 Å². The lowest BCUT2D eigenvalue weighted by molar-refractivity contribution is -0.138. The number of hydrogen-bond acceptors (Lipinski definition) is 4. The van der Waals surface area contributed by atoms with Crippen LogP contribution in [0.4, 0.5) is 8.78 Å². The molecule has 1 heterocycles. The number of nitrogens with zero attached hydrogens (tertiary/aromatic N) is 2. The van der Waals surface area contributed by atoms with Crippen molar-refractivity contribution in [2.45, 2.75) is 6.10 Å². The third kappa shape index (κ3) is 4.70. The number of rotatable bonds is 5. The van der Waals surface area contributed by atoms with Crippen LogP contribution < -0.4 is 0 Å². The second-order valence-corrected chi connectivity index (χ2v) is 5.46. The van der Waals surface area contributed by atoms with Crippen LogP contribution in [-0.4, -0.2) is 72.7 Å². The van der Waals surface area contributed by atoms with Crippen LogP contribution in [0.3, 0.4) is 0 Å². The Labute approximate surface area is 132 Å². The van der Waals surface area contributed by atoms with Gasteiger partial charge in [0.2, 0.25) is 0 Å². The molecule has 0 saturated carbocycles. The Kier molecular flexibility index (Phi) is 5.62. The van der Waals surface area contributed by atoms with E-state index in [-0.39, 0.29) is 24.8 Å². The summed E-state index contributed by atoms with van der Waals surface area (Å²) in [4.78, 5) is 26.1. The molecule has 0 bridgehead atoms. The van der Waals surface area contributed by atoms with E-state index in [9.17, 15) is 18.4 Å². The van der Waals surface area contributed by atoms with E-state index in [2.05, 4.69) is 0 Å². The molecular weight excluding hydrogens is 310 g/mol. The van der Waals surface area contributed by atoms with Gasteiger partial charge in [-0.25, -0.2) is 8.78 Å². The zero-order valence-electron chi connectivity index (χ0n) is 12.7. The second-order valence-electron chi connectivity index (χ2n) is 5.46. The standard InChI is InChI=1S/C15H18F2N2O4/c1-18(9-14(20)21)7-11-8-19(4-5-23-11)15(22)10-2-3-12(16)13(17)6-10/h2-3,6,11H,4-5,7-9H2,1H3,(H,20,21). The van der Waals surface area contributed by atoms with Crippen molar-refractivity contribution in [1.29, 1.82) is 0 Å². The molecule has 8 heteroatoms. The van der Waals surface area contributed by atoms with Crippen molar-refractivity contribution in [2.75, 3.05) is 39.8 Å². The summed E-state index contributed by atoms with van der Waals surface area (Å²) in [6.45, 7) is 1.14. The highest BCUT2D eigenvalue weighted by atomic mass is 19.2. The number of carbonyl (C=O) groups excluding carboxylic acids is 1. The summed E-state index contributed by atoms with van der Waals surface area (Å²) < 4.78 is 31.7. The van der Waals surface area contributed by atoms with Gasteiger partial charge < -0.3 is 14.7 Å². The molecule has 126 valence electrons. The third-order valence-electron chi connectivity index (χ3n) is 3.51. The van der Waals surface area contributed by atoms with Gasteiger partial charge in [0.25, 0.3) is 5.91 Å². The number of halogens is 2. The van der Waals surface area contributed by atoms with Crippen molar-refractivity contribution in [3.8, 4) is 0 Å². The van der Waals surface area contributed by atoms with E-state index < -0.39 is 23.5 Å². The van der Waals surface area contributed by atoms with Gasteiger partial charge in [-0.05, 0) is 25.2 Å². The molecule has 1 unspecified atom stereocenters. The quantitative estimate of drug-likeness (QED) is 0.867. The molecule has 0 spiro atoms. The number of carboxylic acid groups (broad SMARTS) is 1. The van der Waals surface area contributed by atoms with Gasteiger partial charge >= 0.3 is 5.97 Å². The lowest BCUT2D eigenvalue weighted by atomic mass is 10.1. The predicted octanol–water partition coefficient (Wildman–Crippen LogP) is 0.822. The molecule has 0 aliphatic carbocycles. The molecular formula is C15H18F2N2O4. The number of aliphatic carboxylic acids is 1. The minimum Gasteiger partial charge on any atom is -0.480 e. The topological polar surface area (TPSA) is 70.1 Å². The zero-order valence-corrected chi connectivity index (χ0v) is 12.7. The summed E-state index contributed by atoms with van der Waals surface area (Å²) in [5, 5.41) is 8.74. The lowest BCUT2D eigenvalue weighted by Gasteiger charge is -2.34. The van der Waals surface area contributed by atoms with Gasteiger partial charge in [0, 0.05) is 25.2 Å². The maximum absolute atomic E-state index is 13.2. The average molecular weight is 328 g/mol. The van der Waals surface area contributed by atoms with Crippen molar-refractivity contribution >= 4 is 11.9 Å². The van der Waals surface area contributed by atoms with Crippen LogP contribution in [0.1, 0.15) is 10.4 Å². The minimum atomic E-state index is -1.07. The van der Waals surface area contributed by atoms with E-state index in [1.165, 1.54) is 11.0 Å². The molecule has 1 aliphatic heterocycles. The Balaban J connectivity index is 1.98. The Hall–Kier alpha value is -2.06. The largest absolute Gasteiger partial charge is 0.480 e. The van der Waals surface area contributed by atoms with E-state index in [0.717, 1.165) is 12.1 Å². The first-order valence-electron chi connectivity index (χ1n) is 7.13. The van der Waals surface area contributed by atoms with Crippen molar-refractivity contribution in [3.63, 3.8) is 0 Å². The molecule has 1 fully saturated rings. The summed E-state index contributed by atoms with van der Waals surface area (Å²) in [6, 6.07) is 3.03. The normalized spacial score (nSPS) is 18.3. The van der Waals surface area contributed by atoms with Gasteiger partial charge in [0.1, 0.15) is 0 Å². The van der Waals surface area contributed by atoms with Crippen molar-refractivity contribution in [3.05, 3.63) is 35.4 Å².